The topological polar surface area (TPSA) is 95.9 Å². The Bertz CT molecular complexity index is 1210. The zero-order chi connectivity index (χ0) is 23.2. The van der Waals surface area contributed by atoms with E-state index in [4.69, 9.17) is 28.9 Å². The van der Waals surface area contributed by atoms with Gasteiger partial charge in [0.05, 0.1) is 27.6 Å². The maximum absolute atomic E-state index is 13.5. The van der Waals surface area contributed by atoms with Gasteiger partial charge in [0.1, 0.15) is 5.82 Å². The first-order valence-corrected chi connectivity index (χ1v) is 12.6. The number of halogens is 2. The van der Waals surface area contributed by atoms with Crippen molar-refractivity contribution in [3.63, 3.8) is 0 Å². The van der Waals surface area contributed by atoms with E-state index in [9.17, 15) is 10.1 Å². The molecule has 4 rings (SSSR count). The number of aromatic nitrogens is 2. The van der Waals surface area contributed by atoms with Crippen molar-refractivity contribution < 1.29 is 4.79 Å². The van der Waals surface area contributed by atoms with Gasteiger partial charge in [-0.1, -0.05) is 79.2 Å². The van der Waals surface area contributed by atoms with Crippen LogP contribution in [0.5, 0.6) is 0 Å². The first-order chi connectivity index (χ1) is 15.2. The normalized spacial score (nSPS) is 20.4. The third kappa shape index (κ3) is 3.92. The van der Waals surface area contributed by atoms with E-state index in [0.717, 1.165) is 15.8 Å². The first-order valence-electron chi connectivity index (χ1n) is 10.0. The summed E-state index contributed by atoms with van der Waals surface area (Å²) < 4.78 is 0.803. The fraction of sp³-hybridized carbons (Fsp3) is 0.364. The molecule has 0 saturated heterocycles. The van der Waals surface area contributed by atoms with Gasteiger partial charge in [-0.3, -0.25) is 9.69 Å². The second-order valence-electron chi connectivity index (χ2n) is 8.41. The van der Waals surface area contributed by atoms with Crippen molar-refractivity contribution in [2.45, 2.75) is 43.9 Å². The molecule has 0 fully saturated rings. The number of nitriles is 1. The Morgan fingerprint density at radius 1 is 1.34 bits per heavy atom. The number of benzene rings is 1. The number of allylic oxidation sites excluding steroid dienone is 3. The van der Waals surface area contributed by atoms with Crippen LogP contribution in [0.15, 0.2) is 45.2 Å². The number of thioether (sulfide) groups is 1. The molecule has 2 heterocycles. The van der Waals surface area contributed by atoms with Crippen LogP contribution in [0.3, 0.4) is 0 Å². The average molecular weight is 506 g/mol. The summed E-state index contributed by atoms with van der Waals surface area (Å²) in [5, 5.41) is 19.9. The van der Waals surface area contributed by atoms with Gasteiger partial charge in [-0.15, -0.1) is 10.2 Å². The fourth-order valence-corrected chi connectivity index (χ4v) is 6.45. The Morgan fingerprint density at radius 3 is 2.78 bits per heavy atom. The highest BCUT2D eigenvalue weighted by Gasteiger charge is 2.46. The standard InChI is InChI=1S/C22H21Cl2N5OS2/c1-4-31-21-28-27-20(32-21)29-14-8-22(2,3)9-15(30)17(14)16(12(10-25)19(29)26)11-6-5-7-13(23)18(11)24/h5-7,16H,4,8-9,26H2,1-3H3. The number of nitrogens with two attached hydrogens (primary N) is 1. The van der Waals surface area contributed by atoms with Crippen molar-refractivity contribution in [2.75, 3.05) is 10.7 Å². The highest BCUT2D eigenvalue weighted by Crippen LogP contribution is 2.52. The Morgan fingerprint density at radius 2 is 2.09 bits per heavy atom. The van der Waals surface area contributed by atoms with Crippen molar-refractivity contribution in [3.05, 3.63) is 56.5 Å². The lowest BCUT2D eigenvalue weighted by molar-refractivity contribution is -0.118. The summed E-state index contributed by atoms with van der Waals surface area (Å²) in [7, 11) is 0. The Hall–Kier alpha value is -2.05. The minimum atomic E-state index is -0.682. The molecule has 10 heteroatoms. The molecule has 1 aromatic heterocycles. The number of nitrogens with zero attached hydrogens (tertiary/aromatic N) is 4. The molecule has 1 atom stereocenters. The van der Waals surface area contributed by atoms with E-state index in [1.165, 1.54) is 11.3 Å². The van der Waals surface area contributed by atoms with Gasteiger partial charge in [-0.25, -0.2) is 0 Å². The molecule has 0 spiro atoms. The molecule has 1 aliphatic heterocycles. The molecule has 2 aromatic rings. The highest BCUT2D eigenvalue weighted by atomic mass is 35.5. The zero-order valence-electron chi connectivity index (χ0n) is 17.8. The monoisotopic (exact) mass is 505 g/mol. The predicted octanol–water partition coefficient (Wildman–Crippen LogP) is 5.90. The summed E-state index contributed by atoms with van der Waals surface area (Å²) in [4.78, 5) is 15.2. The maximum atomic E-state index is 13.5. The number of anilines is 1. The third-order valence-corrected chi connectivity index (χ3v) is 8.29. The van der Waals surface area contributed by atoms with E-state index in [2.05, 4.69) is 16.3 Å². The van der Waals surface area contributed by atoms with E-state index in [0.29, 0.717) is 39.2 Å². The Labute approximate surface area is 205 Å². The van der Waals surface area contributed by atoms with Crippen LogP contribution in [0.1, 0.15) is 45.1 Å². The minimum absolute atomic E-state index is 0.0322. The maximum Gasteiger partial charge on any atom is 0.219 e. The molecule has 0 amide bonds. The Balaban J connectivity index is 1.98. The van der Waals surface area contributed by atoms with Crippen LogP contribution in [0, 0.1) is 16.7 Å². The van der Waals surface area contributed by atoms with Crippen LogP contribution in [0.4, 0.5) is 5.13 Å². The lowest BCUT2D eigenvalue weighted by Crippen LogP contribution is -2.42. The minimum Gasteiger partial charge on any atom is -0.384 e. The molecule has 6 nitrogen and oxygen atoms in total. The summed E-state index contributed by atoms with van der Waals surface area (Å²) in [5.41, 5.74) is 8.45. The van der Waals surface area contributed by atoms with Crippen LogP contribution in [-0.2, 0) is 4.79 Å². The number of rotatable bonds is 4. The molecule has 0 saturated carbocycles. The van der Waals surface area contributed by atoms with Gasteiger partial charge in [0.25, 0.3) is 0 Å². The van der Waals surface area contributed by atoms with Gasteiger partial charge >= 0.3 is 0 Å². The molecule has 1 aliphatic carbocycles. The van der Waals surface area contributed by atoms with Gasteiger partial charge in [-0.2, -0.15) is 5.26 Å². The number of hydrogen-bond acceptors (Lipinski definition) is 8. The van der Waals surface area contributed by atoms with Gasteiger partial charge in [0.2, 0.25) is 5.13 Å². The fourth-order valence-electron chi connectivity index (χ4n) is 4.26. The van der Waals surface area contributed by atoms with Gasteiger partial charge in [-0.05, 0) is 29.2 Å². The van der Waals surface area contributed by atoms with Crippen LogP contribution < -0.4 is 10.6 Å². The largest absolute Gasteiger partial charge is 0.384 e. The zero-order valence-corrected chi connectivity index (χ0v) is 20.9. The van der Waals surface area contributed by atoms with Crippen LogP contribution in [0.2, 0.25) is 10.0 Å². The molecule has 2 aliphatic rings. The van der Waals surface area contributed by atoms with Crippen molar-refractivity contribution >= 4 is 57.2 Å². The quantitative estimate of drug-likeness (QED) is 0.516. The lowest BCUT2D eigenvalue weighted by Gasteiger charge is -2.42. The van der Waals surface area contributed by atoms with Gasteiger partial charge in [0, 0.05) is 17.7 Å². The van der Waals surface area contributed by atoms with Gasteiger partial charge in [0.15, 0.2) is 10.1 Å². The molecule has 1 aromatic carbocycles. The second-order valence-corrected chi connectivity index (χ2v) is 11.7. The van der Waals surface area contributed by atoms with E-state index in [1.807, 2.05) is 20.8 Å². The van der Waals surface area contributed by atoms with E-state index in [1.54, 1.807) is 34.9 Å². The lowest BCUT2D eigenvalue weighted by atomic mass is 9.68. The molecular weight excluding hydrogens is 485 g/mol. The second kappa shape index (κ2) is 8.71. The average Bonchev–Trinajstić information content (AvgIpc) is 3.17. The number of carbonyl (C=O) groups is 1. The summed E-state index contributed by atoms with van der Waals surface area (Å²) in [6.07, 6.45) is 0.956. The van der Waals surface area contributed by atoms with Crippen molar-refractivity contribution in [1.29, 1.82) is 5.26 Å². The molecule has 2 N–H and O–H groups in total. The van der Waals surface area contributed by atoms with E-state index in [-0.39, 0.29) is 22.6 Å². The molecule has 32 heavy (non-hydrogen) atoms. The van der Waals surface area contributed by atoms with Crippen LogP contribution >= 0.6 is 46.3 Å². The number of carbonyl (C=O) groups excluding carboxylic acids is 1. The summed E-state index contributed by atoms with van der Waals surface area (Å²) >= 11 is 15.8. The Kier molecular flexibility index (Phi) is 6.29. The third-order valence-electron chi connectivity index (χ3n) is 5.53. The predicted molar refractivity (Wildman–Crippen MR) is 130 cm³/mol. The van der Waals surface area contributed by atoms with E-state index >= 15 is 0 Å². The highest BCUT2D eigenvalue weighted by molar-refractivity contribution is 8.01. The van der Waals surface area contributed by atoms with Crippen LogP contribution in [0.25, 0.3) is 0 Å². The summed E-state index contributed by atoms with van der Waals surface area (Å²) in [6, 6.07) is 7.46. The van der Waals surface area contributed by atoms with Crippen molar-refractivity contribution in [1.82, 2.24) is 10.2 Å². The SMILES string of the molecule is CCSc1nnc(N2C(N)=C(C#N)C(c3cccc(Cl)c3Cl)C3=C2CC(C)(C)CC3=O)s1. The number of ketones is 1. The summed E-state index contributed by atoms with van der Waals surface area (Å²) in [5.74, 6) is 0.383. The molecule has 0 radical (unpaired) electrons. The van der Waals surface area contributed by atoms with E-state index < -0.39 is 5.92 Å². The number of Topliss-reactive ketones (excluding diaryl/α,β-unsaturated/α-hetero) is 1. The number of hydrogen-bond donors (Lipinski definition) is 1. The van der Waals surface area contributed by atoms with Crippen molar-refractivity contribution in [3.8, 4) is 6.07 Å². The van der Waals surface area contributed by atoms with Crippen LogP contribution in [-0.4, -0.2) is 21.7 Å². The van der Waals surface area contributed by atoms with Gasteiger partial charge < -0.3 is 5.73 Å². The molecule has 0 bridgehead atoms. The summed E-state index contributed by atoms with van der Waals surface area (Å²) in [6.45, 7) is 6.13. The molecular formula is C22H21Cl2N5OS2. The molecule has 166 valence electrons. The van der Waals surface area contributed by atoms with Crippen molar-refractivity contribution in [2.24, 2.45) is 11.1 Å². The molecule has 1 unspecified atom stereocenters. The smallest absolute Gasteiger partial charge is 0.219 e. The first kappa shape index (κ1) is 23.1.